The van der Waals surface area contributed by atoms with Gasteiger partial charge in [-0.1, -0.05) is 60.7 Å². The number of hydrogen-bond donors (Lipinski definition) is 0. The highest BCUT2D eigenvalue weighted by molar-refractivity contribution is 7.19. The summed E-state index contributed by atoms with van der Waals surface area (Å²) in [5.41, 5.74) is 2.46. The van der Waals surface area contributed by atoms with Crippen LogP contribution in [0.15, 0.2) is 84.9 Å². The van der Waals surface area contributed by atoms with Crippen LogP contribution in [0.2, 0.25) is 0 Å². The summed E-state index contributed by atoms with van der Waals surface area (Å²) in [5, 5.41) is 0.904. The average molecular weight is 318 g/mol. The minimum Gasteiger partial charge on any atom is -0.397 e. The molecule has 3 aromatic carbocycles. The van der Waals surface area contributed by atoms with Gasteiger partial charge in [-0.3, -0.25) is 0 Å². The van der Waals surface area contributed by atoms with Crippen molar-refractivity contribution in [2.75, 3.05) is 0 Å². The van der Waals surface area contributed by atoms with Gasteiger partial charge in [0.05, 0.1) is 0 Å². The first-order chi connectivity index (χ1) is 11.4. The Bertz CT molecular complexity index is 916. The van der Waals surface area contributed by atoms with Gasteiger partial charge < -0.3 is 4.74 Å². The van der Waals surface area contributed by atoms with E-state index < -0.39 is 0 Å². The van der Waals surface area contributed by atoms with Gasteiger partial charge in [-0.2, -0.15) is 0 Å². The minimum atomic E-state index is 0.799. The highest BCUT2D eigenvalue weighted by atomic mass is 32.1. The Hall–Kier alpha value is -2.65. The topological polar surface area (TPSA) is 13.1 Å². The number of para-hydroxylation sites is 2. The highest BCUT2D eigenvalue weighted by Crippen LogP contribution is 2.29. The number of thiazole rings is 1. The molecule has 23 heavy (non-hydrogen) atoms. The van der Waals surface area contributed by atoms with E-state index in [1.807, 2.05) is 36.4 Å². The third-order valence-corrected chi connectivity index (χ3v) is 4.75. The summed E-state index contributed by atoms with van der Waals surface area (Å²) in [5.74, 6) is 0.862. The molecule has 3 heteroatoms. The van der Waals surface area contributed by atoms with Crippen molar-refractivity contribution in [3.05, 3.63) is 90.5 Å². The molecule has 112 valence electrons. The van der Waals surface area contributed by atoms with Crippen LogP contribution in [0.3, 0.4) is 0 Å². The van der Waals surface area contributed by atoms with Crippen LogP contribution in [0.4, 0.5) is 0 Å². The minimum absolute atomic E-state index is 0.799. The van der Waals surface area contributed by atoms with Gasteiger partial charge in [0.15, 0.2) is 6.54 Å². The average Bonchev–Trinajstić information content (AvgIpc) is 2.94. The Morgan fingerprint density at radius 2 is 1.39 bits per heavy atom. The number of benzene rings is 3. The zero-order chi connectivity index (χ0) is 15.5. The summed E-state index contributed by atoms with van der Waals surface area (Å²) >= 11 is 1.68. The number of rotatable bonds is 4. The van der Waals surface area contributed by atoms with Gasteiger partial charge in [0, 0.05) is 11.6 Å². The molecule has 1 heterocycles. The normalized spacial score (nSPS) is 10.8. The molecule has 0 radical (unpaired) electrons. The fraction of sp³-hybridized carbons (Fsp3) is 0.0500. The van der Waals surface area contributed by atoms with E-state index in [0.29, 0.717) is 0 Å². The lowest BCUT2D eigenvalue weighted by atomic mass is 10.2. The lowest BCUT2D eigenvalue weighted by Crippen LogP contribution is -2.34. The first-order valence-corrected chi connectivity index (χ1v) is 8.40. The van der Waals surface area contributed by atoms with Crippen molar-refractivity contribution in [3.63, 3.8) is 0 Å². The molecule has 0 bridgehead atoms. The first-order valence-electron chi connectivity index (χ1n) is 7.58. The van der Waals surface area contributed by atoms with Gasteiger partial charge in [-0.25, -0.2) is 0 Å². The maximum absolute atomic E-state index is 6.15. The van der Waals surface area contributed by atoms with E-state index in [-0.39, 0.29) is 0 Å². The SMILES string of the molecule is c1ccc(C[n+]2c(Oc3ccccc3)sc3ccccc32)cc1. The predicted molar refractivity (Wildman–Crippen MR) is 94.1 cm³/mol. The third-order valence-electron chi connectivity index (χ3n) is 3.71. The number of ether oxygens (including phenoxy) is 1. The molecule has 4 aromatic rings. The molecule has 0 atom stereocenters. The van der Waals surface area contributed by atoms with E-state index >= 15 is 0 Å². The molecule has 1 aromatic heterocycles. The Balaban J connectivity index is 1.78. The highest BCUT2D eigenvalue weighted by Gasteiger charge is 2.22. The van der Waals surface area contributed by atoms with Gasteiger partial charge in [-0.15, -0.1) is 4.57 Å². The first kappa shape index (κ1) is 14.0. The fourth-order valence-corrected chi connectivity index (χ4v) is 3.62. The zero-order valence-electron chi connectivity index (χ0n) is 12.6. The number of nitrogens with zero attached hydrogens (tertiary/aromatic N) is 1. The van der Waals surface area contributed by atoms with Crippen LogP contribution >= 0.6 is 11.3 Å². The Kier molecular flexibility index (Phi) is 3.78. The monoisotopic (exact) mass is 318 g/mol. The lowest BCUT2D eigenvalue weighted by Gasteiger charge is -2.02. The summed E-state index contributed by atoms with van der Waals surface area (Å²) in [6.07, 6.45) is 0. The number of hydrogen-bond acceptors (Lipinski definition) is 2. The van der Waals surface area contributed by atoms with Crippen molar-refractivity contribution >= 4 is 21.6 Å². The van der Waals surface area contributed by atoms with E-state index in [1.54, 1.807) is 11.3 Å². The maximum Gasteiger partial charge on any atom is 0.437 e. The molecular formula is C20H16NOS+. The Morgan fingerprint density at radius 1 is 0.739 bits per heavy atom. The zero-order valence-corrected chi connectivity index (χ0v) is 13.4. The van der Waals surface area contributed by atoms with Gasteiger partial charge in [0.2, 0.25) is 5.52 Å². The molecule has 0 N–H and O–H groups in total. The molecule has 0 saturated carbocycles. The third kappa shape index (κ3) is 2.96. The van der Waals surface area contributed by atoms with Gasteiger partial charge in [0.1, 0.15) is 10.4 Å². The van der Waals surface area contributed by atoms with E-state index in [9.17, 15) is 0 Å². The molecule has 0 aliphatic carbocycles. The van der Waals surface area contributed by atoms with Crippen LogP contribution in [0.1, 0.15) is 5.56 Å². The summed E-state index contributed by atoms with van der Waals surface area (Å²) in [4.78, 5) is 0. The molecule has 0 amide bonds. The van der Waals surface area contributed by atoms with Crippen LogP contribution in [-0.2, 0) is 6.54 Å². The van der Waals surface area contributed by atoms with E-state index in [0.717, 1.165) is 17.5 Å². The van der Waals surface area contributed by atoms with Crippen LogP contribution in [0.5, 0.6) is 10.9 Å². The van der Waals surface area contributed by atoms with Crippen LogP contribution in [0, 0.1) is 0 Å². The van der Waals surface area contributed by atoms with Crippen LogP contribution in [0.25, 0.3) is 10.2 Å². The smallest absolute Gasteiger partial charge is 0.397 e. The molecule has 0 aliphatic rings. The molecule has 0 saturated heterocycles. The van der Waals surface area contributed by atoms with Crippen molar-refractivity contribution in [1.82, 2.24) is 0 Å². The second kappa shape index (κ2) is 6.23. The second-order valence-corrected chi connectivity index (χ2v) is 6.32. The quantitative estimate of drug-likeness (QED) is 0.481. The summed E-state index contributed by atoms with van der Waals surface area (Å²) in [7, 11) is 0. The molecule has 0 spiro atoms. The molecular weight excluding hydrogens is 302 g/mol. The van der Waals surface area contributed by atoms with Crippen molar-refractivity contribution in [3.8, 4) is 10.9 Å². The number of fused-ring (bicyclic) bond motifs is 1. The number of aromatic nitrogens is 1. The molecule has 0 unspecified atom stereocenters. The second-order valence-electron chi connectivity index (χ2n) is 5.32. The van der Waals surface area contributed by atoms with Crippen LogP contribution in [-0.4, -0.2) is 0 Å². The Labute approximate surface area is 139 Å². The van der Waals surface area contributed by atoms with Crippen LogP contribution < -0.4 is 9.30 Å². The van der Waals surface area contributed by atoms with E-state index in [2.05, 4.69) is 53.1 Å². The summed E-state index contributed by atoms with van der Waals surface area (Å²) < 4.78 is 9.62. The van der Waals surface area contributed by atoms with Gasteiger partial charge in [0.25, 0.3) is 0 Å². The molecule has 0 fully saturated rings. The van der Waals surface area contributed by atoms with Crippen molar-refractivity contribution in [2.24, 2.45) is 0 Å². The van der Waals surface area contributed by atoms with E-state index in [4.69, 9.17) is 4.74 Å². The van der Waals surface area contributed by atoms with Crippen molar-refractivity contribution in [2.45, 2.75) is 6.54 Å². The summed E-state index contributed by atoms with van der Waals surface area (Å²) in [6.45, 7) is 0.799. The summed E-state index contributed by atoms with van der Waals surface area (Å²) in [6, 6.07) is 28.8. The maximum atomic E-state index is 6.15. The largest absolute Gasteiger partial charge is 0.437 e. The Morgan fingerprint density at radius 3 is 2.17 bits per heavy atom. The predicted octanol–water partition coefficient (Wildman–Crippen LogP) is 5.03. The lowest BCUT2D eigenvalue weighted by molar-refractivity contribution is -0.662. The van der Waals surface area contributed by atoms with Crippen molar-refractivity contribution in [1.29, 1.82) is 0 Å². The van der Waals surface area contributed by atoms with E-state index in [1.165, 1.54) is 15.8 Å². The van der Waals surface area contributed by atoms with Gasteiger partial charge >= 0.3 is 5.19 Å². The van der Waals surface area contributed by atoms with Crippen molar-refractivity contribution < 1.29 is 9.30 Å². The molecule has 2 nitrogen and oxygen atoms in total. The van der Waals surface area contributed by atoms with Gasteiger partial charge in [-0.05, 0) is 29.5 Å². The molecule has 4 rings (SSSR count). The standard InChI is InChI=1S/C20H16NOS/c1-3-9-16(10-4-1)15-21-18-13-7-8-14-19(18)23-20(21)22-17-11-5-2-6-12-17/h1-14H,15H2/q+1. The molecule has 0 aliphatic heterocycles. The fourth-order valence-electron chi connectivity index (χ4n) is 2.59.